The molecule has 0 saturated carbocycles. The van der Waals surface area contributed by atoms with E-state index in [9.17, 15) is 17.6 Å². The smallest absolute Gasteiger partial charge is 0.303 e. The highest BCUT2D eigenvalue weighted by molar-refractivity contribution is 9.10. The van der Waals surface area contributed by atoms with Crippen LogP contribution < -0.4 is 4.72 Å². The van der Waals surface area contributed by atoms with E-state index in [4.69, 9.17) is 10.4 Å². The number of rotatable bonds is 6. The van der Waals surface area contributed by atoms with E-state index in [1.54, 1.807) is 6.07 Å². The van der Waals surface area contributed by atoms with Crippen LogP contribution in [0.4, 0.5) is 4.39 Å². The Bertz CT molecular complexity index is 670. The Balaban J connectivity index is 2.91. The predicted molar refractivity (Wildman–Crippen MR) is 70.9 cm³/mol. The lowest BCUT2D eigenvalue weighted by atomic mass is 10.2. The summed E-state index contributed by atoms with van der Waals surface area (Å²) >= 11 is 2.98. The summed E-state index contributed by atoms with van der Waals surface area (Å²) in [6.07, 6.45) is -0.101. The summed E-state index contributed by atoms with van der Waals surface area (Å²) in [5.41, 5.74) is -0.0210. The molecule has 108 valence electrons. The number of aliphatic carboxylic acids is 1. The van der Waals surface area contributed by atoms with Crippen LogP contribution in [0, 0.1) is 17.1 Å². The van der Waals surface area contributed by atoms with Gasteiger partial charge in [-0.25, -0.2) is 17.5 Å². The third kappa shape index (κ3) is 4.26. The van der Waals surface area contributed by atoms with E-state index in [2.05, 4.69) is 20.7 Å². The summed E-state index contributed by atoms with van der Waals surface area (Å²) in [6, 6.07) is 3.52. The number of hydrogen-bond acceptors (Lipinski definition) is 4. The van der Waals surface area contributed by atoms with Gasteiger partial charge in [-0.2, -0.15) is 5.26 Å². The second-order valence-electron chi connectivity index (χ2n) is 3.77. The number of sulfonamides is 1. The fraction of sp³-hybridized carbons (Fsp3) is 0.273. The summed E-state index contributed by atoms with van der Waals surface area (Å²) < 4.78 is 39.6. The largest absolute Gasteiger partial charge is 0.481 e. The zero-order valence-electron chi connectivity index (χ0n) is 10.1. The Labute approximate surface area is 123 Å². The number of carboxylic acids is 1. The Kier molecular flexibility index (Phi) is 5.62. The fourth-order valence-electron chi connectivity index (χ4n) is 1.34. The first kappa shape index (κ1) is 16.6. The maximum absolute atomic E-state index is 13.7. The van der Waals surface area contributed by atoms with Crippen molar-refractivity contribution in [1.82, 2.24) is 4.72 Å². The van der Waals surface area contributed by atoms with E-state index in [1.165, 1.54) is 0 Å². The van der Waals surface area contributed by atoms with Crippen LogP contribution in [-0.4, -0.2) is 26.0 Å². The van der Waals surface area contributed by atoms with Crippen molar-refractivity contribution in [3.63, 3.8) is 0 Å². The van der Waals surface area contributed by atoms with Crippen molar-refractivity contribution < 1.29 is 22.7 Å². The maximum atomic E-state index is 13.7. The number of hydrogen-bond donors (Lipinski definition) is 2. The number of carbonyl (C=O) groups is 1. The third-order valence-corrected chi connectivity index (χ3v) is 4.42. The van der Waals surface area contributed by atoms with E-state index >= 15 is 0 Å². The number of nitrogens with zero attached hydrogens (tertiary/aromatic N) is 1. The number of nitriles is 1. The van der Waals surface area contributed by atoms with Gasteiger partial charge in [0.2, 0.25) is 10.0 Å². The highest BCUT2D eigenvalue weighted by Crippen LogP contribution is 2.23. The number of carboxylic acid groups (broad SMARTS) is 1. The Morgan fingerprint density at radius 3 is 2.70 bits per heavy atom. The highest BCUT2D eigenvalue weighted by atomic mass is 79.9. The first-order valence-corrected chi connectivity index (χ1v) is 7.66. The standard InChI is InChI=1S/C11H10BrFN2O4S/c12-8-5-10(9(13)4-7(8)6-14)20(18,19)15-3-1-2-11(16)17/h4-5,15H,1-3H2,(H,16,17). The molecule has 0 aliphatic rings. The molecule has 0 amide bonds. The van der Waals surface area contributed by atoms with Gasteiger partial charge in [0.05, 0.1) is 5.56 Å². The van der Waals surface area contributed by atoms with Crippen molar-refractivity contribution >= 4 is 31.9 Å². The molecule has 20 heavy (non-hydrogen) atoms. The van der Waals surface area contributed by atoms with Crippen LogP contribution in [0.2, 0.25) is 0 Å². The molecule has 1 rings (SSSR count). The summed E-state index contributed by atoms with van der Waals surface area (Å²) in [6.45, 7) is -0.119. The van der Waals surface area contributed by atoms with Gasteiger partial charge in [0.25, 0.3) is 0 Å². The summed E-state index contributed by atoms with van der Waals surface area (Å²) in [4.78, 5) is 9.69. The molecular weight excluding hydrogens is 355 g/mol. The van der Waals surface area contributed by atoms with Crippen LogP contribution in [0.15, 0.2) is 21.5 Å². The average Bonchev–Trinajstić information content (AvgIpc) is 2.36. The molecule has 6 nitrogen and oxygen atoms in total. The SMILES string of the molecule is N#Cc1cc(F)c(S(=O)(=O)NCCCC(=O)O)cc1Br. The van der Waals surface area contributed by atoms with Gasteiger partial charge in [-0.1, -0.05) is 0 Å². The second-order valence-corrected chi connectivity index (χ2v) is 6.36. The van der Waals surface area contributed by atoms with E-state index in [0.29, 0.717) is 0 Å². The van der Waals surface area contributed by atoms with Gasteiger partial charge in [-0.15, -0.1) is 0 Å². The van der Waals surface area contributed by atoms with Gasteiger partial charge in [-0.3, -0.25) is 4.79 Å². The molecule has 2 N–H and O–H groups in total. The molecule has 9 heteroatoms. The van der Waals surface area contributed by atoms with E-state index in [1.807, 2.05) is 0 Å². The lowest BCUT2D eigenvalue weighted by Gasteiger charge is -2.08. The van der Waals surface area contributed by atoms with E-state index < -0.39 is 26.7 Å². The first-order valence-electron chi connectivity index (χ1n) is 5.38. The zero-order chi connectivity index (χ0) is 15.3. The lowest BCUT2D eigenvalue weighted by molar-refractivity contribution is -0.137. The van der Waals surface area contributed by atoms with Crippen molar-refractivity contribution in [3.8, 4) is 6.07 Å². The van der Waals surface area contributed by atoms with Crippen molar-refractivity contribution in [1.29, 1.82) is 5.26 Å². The number of benzene rings is 1. The molecule has 0 bridgehead atoms. The molecule has 0 aliphatic heterocycles. The van der Waals surface area contributed by atoms with Crippen molar-refractivity contribution in [2.75, 3.05) is 6.54 Å². The number of nitrogens with one attached hydrogen (secondary N) is 1. The molecule has 0 aromatic heterocycles. The summed E-state index contributed by atoms with van der Waals surface area (Å²) in [5.74, 6) is -2.09. The van der Waals surface area contributed by atoms with E-state index in [0.717, 1.165) is 12.1 Å². The average molecular weight is 365 g/mol. The first-order chi connectivity index (χ1) is 9.27. The van der Waals surface area contributed by atoms with Crippen molar-refractivity contribution in [2.45, 2.75) is 17.7 Å². The molecular formula is C11H10BrFN2O4S. The third-order valence-electron chi connectivity index (χ3n) is 2.29. The van der Waals surface area contributed by atoms with Crippen molar-refractivity contribution in [3.05, 3.63) is 28.0 Å². The minimum absolute atomic E-state index is 0.0210. The molecule has 0 radical (unpaired) electrons. The van der Waals surface area contributed by atoms with Gasteiger partial charge in [-0.05, 0) is 34.5 Å². The highest BCUT2D eigenvalue weighted by Gasteiger charge is 2.20. The zero-order valence-corrected chi connectivity index (χ0v) is 12.5. The van der Waals surface area contributed by atoms with Gasteiger partial charge < -0.3 is 5.11 Å². The Hall–Kier alpha value is -1.50. The quantitative estimate of drug-likeness (QED) is 0.745. The van der Waals surface area contributed by atoms with Gasteiger partial charge in [0, 0.05) is 17.4 Å². The maximum Gasteiger partial charge on any atom is 0.303 e. The number of halogens is 2. The molecule has 0 saturated heterocycles. The van der Waals surface area contributed by atoms with Crippen LogP contribution in [0.1, 0.15) is 18.4 Å². The Morgan fingerprint density at radius 1 is 1.50 bits per heavy atom. The Morgan fingerprint density at radius 2 is 2.15 bits per heavy atom. The lowest BCUT2D eigenvalue weighted by Crippen LogP contribution is -2.26. The molecule has 0 heterocycles. The van der Waals surface area contributed by atoms with Gasteiger partial charge >= 0.3 is 5.97 Å². The fourth-order valence-corrected chi connectivity index (χ4v) is 3.08. The molecule has 0 atom stereocenters. The summed E-state index contributed by atoms with van der Waals surface area (Å²) in [7, 11) is -4.09. The molecule has 1 aromatic rings. The van der Waals surface area contributed by atoms with Crippen LogP contribution in [0.3, 0.4) is 0 Å². The van der Waals surface area contributed by atoms with Crippen LogP contribution in [0.25, 0.3) is 0 Å². The molecule has 1 aromatic carbocycles. The summed E-state index contributed by atoms with van der Waals surface area (Å²) in [5, 5.41) is 17.1. The molecule has 0 spiro atoms. The van der Waals surface area contributed by atoms with Gasteiger partial charge in [0.1, 0.15) is 16.8 Å². The second kappa shape index (κ2) is 6.78. The normalized spacial score (nSPS) is 11.1. The minimum atomic E-state index is -4.09. The predicted octanol–water partition coefficient (Wildman–Crippen LogP) is 1.60. The van der Waals surface area contributed by atoms with Crippen LogP contribution >= 0.6 is 15.9 Å². The van der Waals surface area contributed by atoms with Crippen LogP contribution in [-0.2, 0) is 14.8 Å². The van der Waals surface area contributed by atoms with Crippen molar-refractivity contribution in [2.24, 2.45) is 0 Å². The molecule has 0 fully saturated rings. The van der Waals surface area contributed by atoms with Gasteiger partial charge in [0.15, 0.2) is 0 Å². The molecule has 0 unspecified atom stereocenters. The monoisotopic (exact) mass is 364 g/mol. The van der Waals surface area contributed by atoms with E-state index in [-0.39, 0.29) is 29.4 Å². The van der Waals surface area contributed by atoms with Crippen LogP contribution in [0.5, 0.6) is 0 Å². The minimum Gasteiger partial charge on any atom is -0.481 e. The molecule has 0 aliphatic carbocycles. The topological polar surface area (TPSA) is 107 Å².